The number of carbonyl (C=O) groups excluding carboxylic acids is 2. The lowest BCUT2D eigenvalue weighted by Gasteiger charge is -2.28. The van der Waals surface area contributed by atoms with Crippen LogP contribution >= 0.6 is 11.8 Å². The van der Waals surface area contributed by atoms with Crippen LogP contribution < -0.4 is 25.4 Å². The second kappa shape index (κ2) is 12.3. The lowest BCUT2D eigenvalue weighted by atomic mass is 9.85. The number of nitriles is 1. The molecular weight excluding hydrogens is 516 g/mol. The summed E-state index contributed by atoms with van der Waals surface area (Å²) < 4.78 is 16.2. The van der Waals surface area contributed by atoms with Gasteiger partial charge >= 0.3 is 0 Å². The Morgan fingerprint density at radius 1 is 1.08 bits per heavy atom. The Morgan fingerprint density at radius 3 is 2.56 bits per heavy atom. The number of thioether (sulfide) groups is 1. The first-order valence-electron chi connectivity index (χ1n) is 12.0. The van der Waals surface area contributed by atoms with Crippen molar-refractivity contribution in [3.63, 3.8) is 0 Å². The number of anilines is 2. The van der Waals surface area contributed by atoms with E-state index in [0.29, 0.717) is 44.9 Å². The van der Waals surface area contributed by atoms with Crippen LogP contribution in [0.5, 0.6) is 11.5 Å². The third kappa shape index (κ3) is 6.27. The number of amides is 2. The van der Waals surface area contributed by atoms with Crippen LogP contribution in [-0.2, 0) is 9.59 Å². The van der Waals surface area contributed by atoms with Crippen molar-refractivity contribution < 1.29 is 23.5 Å². The number of methoxy groups -OCH3 is 2. The highest BCUT2D eigenvalue weighted by Gasteiger charge is 2.36. The highest BCUT2D eigenvalue weighted by molar-refractivity contribution is 8.03. The quantitative estimate of drug-likeness (QED) is 0.331. The summed E-state index contributed by atoms with van der Waals surface area (Å²) in [4.78, 5) is 26.3. The standard InChI is InChI=1S/C29H28N4O5S/c1-17-7-5-8-19(13-17)32-28(35)26-18(2)31-29(21(15-30)27(26)23-9-6-12-38-23)39-16-25(34)33-22-11-10-20(36-3)14-24(22)37-4/h5-14,27,31H,16H2,1-4H3,(H,32,35)(H,33,34). The van der Waals surface area contributed by atoms with E-state index in [0.717, 1.165) is 17.3 Å². The van der Waals surface area contributed by atoms with Crippen LogP contribution in [0.3, 0.4) is 0 Å². The smallest absolute Gasteiger partial charge is 0.254 e. The molecule has 10 heteroatoms. The minimum absolute atomic E-state index is 0.00563. The van der Waals surface area contributed by atoms with Crippen LogP contribution in [0.15, 0.2) is 87.1 Å². The normalized spacial score (nSPS) is 14.8. The highest BCUT2D eigenvalue weighted by atomic mass is 32.2. The Labute approximate surface area is 230 Å². The number of ether oxygens (including phenoxy) is 2. The van der Waals surface area contributed by atoms with E-state index in [1.54, 1.807) is 50.4 Å². The molecular formula is C29H28N4O5S. The van der Waals surface area contributed by atoms with Crippen LogP contribution in [0.4, 0.5) is 11.4 Å². The van der Waals surface area contributed by atoms with Gasteiger partial charge in [0.05, 0.1) is 60.1 Å². The van der Waals surface area contributed by atoms with E-state index in [4.69, 9.17) is 13.9 Å². The molecule has 1 atom stereocenters. The molecule has 200 valence electrons. The van der Waals surface area contributed by atoms with E-state index in [-0.39, 0.29) is 23.1 Å². The zero-order valence-corrected chi connectivity index (χ0v) is 22.8. The van der Waals surface area contributed by atoms with Crippen LogP contribution in [-0.4, -0.2) is 31.8 Å². The maximum atomic E-state index is 13.5. The van der Waals surface area contributed by atoms with Gasteiger partial charge in [-0.15, -0.1) is 0 Å². The zero-order chi connectivity index (χ0) is 27.9. The molecule has 1 unspecified atom stereocenters. The van der Waals surface area contributed by atoms with Crippen molar-refractivity contribution in [2.75, 3.05) is 30.6 Å². The molecule has 0 radical (unpaired) electrons. The number of dihydropyridines is 1. The van der Waals surface area contributed by atoms with Gasteiger partial charge in [0, 0.05) is 17.5 Å². The van der Waals surface area contributed by atoms with Gasteiger partial charge in [0.2, 0.25) is 5.91 Å². The van der Waals surface area contributed by atoms with Gasteiger partial charge in [-0.05, 0) is 55.8 Å². The van der Waals surface area contributed by atoms with E-state index in [2.05, 4.69) is 22.0 Å². The molecule has 2 heterocycles. The predicted octanol–water partition coefficient (Wildman–Crippen LogP) is 5.31. The molecule has 4 rings (SSSR count). The van der Waals surface area contributed by atoms with E-state index in [1.807, 2.05) is 25.1 Å². The Balaban J connectivity index is 1.56. The summed E-state index contributed by atoms with van der Waals surface area (Å²) in [5, 5.41) is 19.6. The topological polar surface area (TPSA) is 126 Å². The minimum atomic E-state index is -0.747. The molecule has 0 spiro atoms. The van der Waals surface area contributed by atoms with Crippen molar-refractivity contribution in [2.45, 2.75) is 19.8 Å². The Morgan fingerprint density at radius 2 is 1.90 bits per heavy atom. The van der Waals surface area contributed by atoms with Gasteiger partial charge < -0.3 is 29.8 Å². The van der Waals surface area contributed by atoms with Crippen molar-refractivity contribution in [1.29, 1.82) is 5.26 Å². The van der Waals surface area contributed by atoms with Gasteiger partial charge in [-0.1, -0.05) is 23.9 Å². The number of hydrogen-bond acceptors (Lipinski definition) is 8. The van der Waals surface area contributed by atoms with Crippen LogP contribution in [0.25, 0.3) is 0 Å². The van der Waals surface area contributed by atoms with Gasteiger partial charge in [-0.25, -0.2) is 0 Å². The molecule has 1 aliphatic heterocycles. The first-order chi connectivity index (χ1) is 18.8. The van der Waals surface area contributed by atoms with Crippen LogP contribution in [0, 0.1) is 18.3 Å². The van der Waals surface area contributed by atoms with E-state index >= 15 is 0 Å². The lowest BCUT2D eigenvalue weighted by Crippen LogP contribution is -2.31. The third-order valence-electron chi connectivity index (χ3n) is 6.03. The molecule has 2 amide bonds. The second-order valence-corrected chi connectivity index (χ2v) is 9.68. The summed E-state index contributed by atoms with van der Waals surface area (Å²) in [6, 6.07) is 18.2. The van der Waals surface area contributed by atoms with Crippen LogP contribution in [0.2, 0.25) is 0 Å². The fourth-order valence-electron chi connectivity index (χ4n) is 4.21. The summed E-state index contributed by atoms with van der Waals surface area (Å²) >= 11 is 1.16. The molecule has 0 fully saturated rings. The number of hydrogen-bond donors (Lipinski definition) is 3. The van der Waals surface area contributed by atoms with Crippen molar-refractivity contribution in [2.24, 2.45) is 0 Å². The Bertz CT molecular complexity index is 1490. The number of furan rings is 1. The third-order valence-corrected chi connectivity index (χ3v) is 7.04. The molecule has 2 aromatic carbocycles. The monoisotopic (exact) mass is 544 g/mol. The van der Waals surface area contributed by atoms with Crippen molar-refractivity contribution in [3.05, 3.63) is 94.1 Å². The van der Waals surface area contributed by atoms with Gasteiger partial charge in [0.1, 0.15) is 17.3 Å². The number of benzene rings is 2. The summed E-state index contributed by atoms with van der Waals surface area (Å²) in [6.07, 6.45) is 1.50. The average Bonchev–Trinajstić information content (AvgIpc) is 3.46. The number of carbonyl (C=O) groups is 2. The number of aryl methyl sites for hydroxylation is 1. The summed E-state index contributed by atoms with van der Waals surface area (Å²) in [5.74, 6) is 0.119. The van der Waals surface area contributed by atoms with Crippen molar-refractivity contribution in [3.8, 4) is 17.6 Å². The van der Waals surface area contributed by atoms with Crippen LogP contribution in [0.1, 0.15) is 24.2 Å². The summed E-state index contributed by atoms with van der Waals surface area (Å²) in [7, 11) is 3.05. The Hall–Kier alpha value is -4.62. The maximum Gasteiger partial charge on any atom is 0.254 e. The summed E-state index contributed by atoms with van der Waals surface area (Å²) in [6.45, 7) is 3.70. The molecule has 0 bridgehead atoms. The molecule has 39 heavy (non-hydrogen) atoms. The van der Waals surface area contributed by atoms with Crippen molar-refractivity contribution in [1.82, 2.24) is 5.32 Å². The molecule has 0 saturated carbocycles. The number of nitrogens with zero attached hydrogens (tertiary/aromatic N) is 1. The fourth-order valence-corrected chi connectivity index (χ4v) is 5.11. The van der Waals surface area contributed by atoms with Crippen molar-refractivity contribution >= 4 is 35.0 Å². The fraction of sp³-hybridized carbons (Fsp3) is 0.207. The SMILES string of the molecule is COc1ccc(NC(=O)CSC2=C(C#N)C(c3ccco3)C(C(=O)Nc3cccc(C)c3)=C(C)N2)c(OC)c1. The number of allylic oxidation sites excluding steroid dienone is 2. The van der Waals surface area contributed by atoms with E-state index < -0.39 is 5.92 Å². The lowest BCUT2D eigenvalue weighted by molar-refractivity contribution is -0.114. The minimum Gasteiger partial charge on any atom is -0.497 e. The van der Waals surface area contributed by atoms with E-state index in [9.17, 15) is 14.9 Å². The molecule has 1 aromatic heterocycles. The largest absolute Gasteiger partial charge is 0.497 e. The average molecular weight is 545 g/mol. The maximum absolute atomic E-state index is 13.5. The molecule has 0 aliphatic carbocycles. The first-order valence-corrected chi connectivity index (χ1v) is 13.0. The second-order valence-electron chi connectivity index (χ2n) is 8.69. The van der Waals surface area contributed by atoms with Gasteiger partial charge in [-0.3, -0.25) is 9.59 Å². The molecule has 3 N–H and O–H groups in total. The molecule has 3 aromatic rings. The Kier molecular flexibility index (Phi) is 8.63. The number of nitrogens with one attached hydrogen (secondary N) is 3. The molecule has 1 aliphatic rings. The number of rotatable bonds is 9. The summed E-state index contributed by atoms with van der Waals surface area (Å²) in [5.41, 5.74) is 3.34. The first kappa shape index (κ1) is 27.4. The van der Waals surface area contributed by atoms with E-state index in [1.165, 1.54) is 13.4 Å². The molecule has 0 saturated heterocycles. The van der Waals surface area contributed by atoms with Gasteiger partial charge in [0.15, 0.2) is 0 Å². The predicted molar refractivity (Wildman–Crippen MR) is 150 cm³/mol. The zero-order valence-electron chi connectivity index (χ0n) is 22.0. The highest BCUT2D eigenvalue weighted by Crippen LogP contribution is 2.41. The van der Waals surface area contributed by atoms with Gasteiger partial charge in [0.25, 0.3) is 5.91 Å². The van der Waals surface area contributed by atoms with Gasteiger partial charge in [-0.2, -0.15) is 5.26 Å². The molecule has 9 nitrogen and oxygen atoms in total.